The molecule has 0 radical (unpaired) electrons. The van der Waals surface area contributed by atoms with Crippen LogP contribution in [0.1, 0.15) is 20.3 Å². The van der Waals surface area contributed by atoms with Crippen LogP contribution in [0.5, 0.6) is 23.0 Å². The Kier molecular flexibility index (Phi) is 18.6. The SMILES string of the molecule is C=C(C)C(=O)OCC(O)COc1ccccc1OCC(O)COC(=O)CC(=O)OCC(O)COc1ccccc1OCC(O)COC(=O)C(=C)C. The smallest absolute Gasteiger partial charge is 0.333 e. The molecule has 0 aliphatic carbocycles. The predicted molar refractivity (Wildman–Crippen MR) is 177 cm³/mol. The summed E-state index contributed by atoms with van der Waals surface area (Å²) in [6, 6.07) is 12.8. The molecule has 16 heteroatoms. The first-order valence-electron chi connectivity index (χ1n) is 15.6. The number of rotatable bonds is 24. The van der Waals surface area contributed by atoms with Crippen LogP contribution >= 0.6 is 0 Å². The summed E-state index contributed by atoms with van der Waals surface area (Å²) in [4.78, 5) is 47.1. The summed E-state index contributed by atoms with van der Waals surface area (Å²) in [6.45, 7) is 7.15. The van der Waals surface area contributed by atoms with E-state index in [-0.39, 0.29) is 73.8 Å². The van der Waals surface area contributed by atoms with Crippen molar-refractivity contribution in [1.82, 2.24) is 0 Å². The zero-order valence-corrected chi connectivity index (χ0v) is 28.4. The molecule has 4 N–H and O–H groups in total. The van der Waals surface area contributed by atoms with Crippen molar-refractivity contribution in [2.45, 2.75) is 44.7 Å². The van der Waals surface area contributed by atoms with Crippen molar-refractivity contribution in [3.63, 3.8) is 0 Å². The van der Waals surface area contributed by atoms with Crippen molar-refractivity contribution in [2.24, 2.45) is 0 Å². The zero-order chi connectivity index (χ0) is 37.8. The molecule has 0 amide bonds. The Labute approximate surface area is 294 Å². The van der Waals surface area contributed by atoms with E-state index in [2.05, 4.69) is 13.2 Å². The van der Waals surface area contributed by atoms with Gasteiger partial charge < -0.3 is 58.3 Å². The summed E-state index contributed by atoms with van der Waals surface area (Å²) in [6.07, 6.45) is -5.60. The summed E-state index contributed by atoms with van der Waals surface area (Å²) in [5, 5.41) is 40.4. The molecule has 0 aliphatic heterocycles. The lowest BCUT2D eigenvalue weighted by atomic mass is 10.3. The topological polar surface area (TPSA) is 223 Å². The van der Waals surface area contributed by atoms with Crippen molar-refractivity contribution in [3.05, 3.63) is 72.8 Å². The van der Waals surface area contributed by atoms with Crippen molar-refractivity contribution in [1.29, 1.82) is 0 Å². The van der Waals surface area contributed by atoms with Gasteiger partial charge in [-0.05, 0) is 38.1 Å². The van der Waals surface area contributed by atoms with Gasteiger partial charge in [-0.2, -0.15) is 0 Å². The van der Waals surface area contributed by atoms with E-state index in [0.29, 0.717) is 0 Å². The van der Waals surface area contributed by atoms with Crippen LogP contribution in [0.15, 0.2) is 72.8 Å². The van der Waals surface area contributed by atoms with Gasteiger partial charge in [0.05, 0.1) is 0 Å². The van der Waals surface area contributed by atoms with E-state index in [1.54, 1.807) is 48.5 Å². The molecule has 51 heavy (non-hydrogen) atoms. The van der Waals surface area contributed by atoms with Crippen LogP contribution in [0.2, 0.25) is 0 Å². The van der Waals surface area contributed by atoms with Gasteiger partial charge in [0, 0.05) is 11.1 Å². The second kappa shape index (κ2) is 22.5. The molecular weight excluding hydrogens is 676 g/mol. The normalized spacial score (nSPS) is 13.0. The van der Waals surface area contributed by atoms with Crippen LogP contribution in [0.4, 0.5) is 0 Å². The lowest BCUT2D eigenvalue weighted by Gasteiger charge is -2.17. The van der Waals surface area contributed by atoms with Gasteiger partial charge in [-0.1, -0.05) is 37.4 Å². The quantitative estimate of drug-likeness (QED) is 0.0515. The Balaban J connectivity index is 1.67. The lowest BCUT2D eigenvalue weighted by molar-refractivity contribution is -0.158. The molecule has 0 saturated carbocycles. The highest BCUT2D eigenvalue weighted by molar-refractivity contribution is 5.91. The molecule has 16 nitrogen and oxygen atoms in total. The Bertz CT molecular complexity index is 1350. The summed E-state index contributed by atoms with van der Waals surface area (Å²) in [5.74, 6) is -2.37. The van der Waals surface area contributed by atoms with E-state index in [4.69, 9.17) is 37.9 Å². The molecule has 0 aliphatic rings. The largest absolute Gasteiger partial charge is 0.487 e. The molecule has 4 atom stereocenters. The van der Waals surface area contributed by atoms with Crippen LogP contribution in [0, 0.1) is 0 Å². The van der Waals surface area contributed by atoms with Crippen molar-refractivity contribution in [3.8, 4) is 23.0 Å². The van der Waals surface area contributed by atoms with Gasteiger partial charge in [0.25, 0.3) is 0 Å². The van der Waals surface area contributed by atoms with Gasteiger partial charge in [-0.15, -0.1) is 0 Å². The minimum atomic E-state index is -1.28. The van der Waals surface area contributed by atoms with Gasteiger partial charge in [0.15, 0.2) is 23.0 Å². The Morgan fingerprint density at radius 2 is 0.745 bits per heavy atom. The minimum Gasteiger partial charge on any atom is -0.487 e. The highest BCUT2D eigenvalue weighted by Crippen LogP contribution is 2.27. The minimum absolute atomic E-state index is 0.189. The maximum absolute atomic E-state index is 12.1. The molecule has 0 bridgehead atoms. The fourth-order valence-corrected chi connectivity index (χ4v) is 3.50. The highest BCUT2D eigenvalue weighted by Gasteiger charge is 2.19. The fourth-order valence-electron chi connectivity index (χ4n) is 3.50. The van der Waals surface area contributed by atoms with E-state index in [9.17, 15) is 39.6 Å². The van der Waals surface area contributed by atoms with Gasteiger partial charge in [-0.25, -0.2) is 9.59 Å². The molecule has 0 saturated heterocycles. The number of carbonyl (C=O) groups is 4. The van der Waals surface area contributed by atoms with E-state index < -0.39 is 67.9 Å². The van der Waals surface area contributed by atoms with Crippen LogP contribution < -0.4 is 18.9 Å². The van der Waals surface area contributed by atoms with Gasteiger partial charge in [-0.3, -0.25) is 9.59 Å². The van der Waals surface area contributed by atoms with Crippen molar-refractivity contribution >= 4 is 23.9 Å². The number of carbonyl (C=O) groups excluding carboxylic acids is 4. The summed E-state index contributed by atoms with van der Waals surface area (Å²) in [5.41, 5.74) is 0.378. The third-order valence-electron chi connectivity index (χ3n) is 6.10. The molecular formula is C35H44O16. The van der Waals surface area contributed by atoms with Gasteiger partial charge in [0.1, 0.15) is 83.7 Å². The molecule has 0 aromatic heterocycles. The number of para-hydroxylation sites is 4. The first-order chi connectivity index (χ1) is 24.2. The predicted octanol–water partition coefficient (Wildman–Crippen LogP) is 1.06. The van der Waals surface area contributed by atoms with Gasteiger partial charge >= 0.3 is 23.9 Å². The maximum Gasteiger partial charge on any atom is 0.333 e. The Morgan fingerprint density at radius 3 is 1.00 bits per heavy atom. The number of esters is 4. The average Bonchev–Trinajstić information content (AvgIpc) is 3.11. The van der Waals surface area contributed by atoms with Crippen LogP contribution in [-0.4, -0.2) is 122 Å². The summed E-state index contributed by atoms with van der Waals surface area (Å²) in [7, 11) is 0. The third-order valence-corrected chi connectivity index (χ3v) is 6.10. The second-order valence-electron chi connectivity index (χ2n) is 11.1. The highest BCUT2D eigenvalue weighted by atomic mass is 16.6. The fraction of sp³-hybridized carbons (Fsp3) is 0.429. The number of aliphatic hydroxyl groups is 4. The van der Waals surface area contributed by atoms with E-state index in [0.717, 1.165) is 0 Å². The number of hydrogen-bond acceptors (Lipinski definition) is 16. The van der Waals surface area contributed by atoms with Gasteiger partial charge in [0.2, 0.25) is 0 Å². The standard InChI is InChI=1S/C35H44O16/c1-22(2)34(42)50-20-26(38)16-46-30-11-7-5-9-28(30)44-14-24(36)18-48-32(40)13-33(41)49-19-25(37)15-45-29-10-6-8-12-31(29)47-17-27(39)21-51-35(43)23(3)4/h5-12,24-27,36-39H,1,3,13-21H2,2,4H3. The first-order valence-corrected chi connectivity index (χ1v) is 15.6. The number of hydrogen-bond donors (Lipinski definition) is 4. The molecule has 2 aromatic carbocycles. The molecule has 2 rings (SSSR count). The van der Waals surface area contributed by atoms with Crippen LogP contribution in [0.25, 0.3) is 0 Å². The third kappa shape index (κ3) is 17.4. The lowest BCUT2D eigenvalue weighted by Crippen LogP contribution is -2.28. The second-order valence-corrected chi connectivity index (χ2v) is 11.1. The van der Waals surface area contributed by atoms with E-state index >= 15 is 0 Å². The monoisotopic (exact) mass is 720 g/mol. The molecule has 280 valence electrons. The van der Waals surface area contributed by atoms with Crippen LogP contribution in [0.3, 0.4) is 0 Å². The zero-order valence-electron chi connectivity index (χ0n) is 28.4. The number of benzene rings is 2. The molecule has 4 unspecified atom stereocenters. The van der Waals surface area contributed by atoms with Crippen molar-refractivity contribution in [2.75, 3.05) is 52.9 Å². The number of ether oxygens (including phenoxy) is 8. The number of aliphatic hydroxyl groups excluding tert-OH is 4. The van der Waals surface area contributed by atoms with E-state index in [1.807, 2.05) is 0 Å². The summed E-state index contributed by atoms with van der Waals surface area (Å²) >= 11 is 0. The van der Waals surface area contributed by atoms with Crippen LogP contribution in [-0.2, 0) is 38.1 Å². The van der Waals surface area contributed by atoms with E-state index in [1.165, 1.54) is 13.8 Å². The maximum atomic E-state index is 12.1. The molecule has 2 aromatic rings. The molecule has 0 fully saturated rings. The average molecular weight is 721 g/mol. The van der Waals surface area contributed by atoms with Crippen molar-refractivity contribution < 1.29 is 77.5 Å². The first kappa shape index (κ1) is 42.0. The molecule has 0 spiro atoms. The molecule has 0 heterocycles. The summed E-state index contributed by atoms with van der Waals surface area (Å²) < 4.78 is 41.7. The Hall–Kier alpha value is -5.16. The Morgan fingerprint density at radius 1 is 0.490 bits per heavy atom.